The molecule has 26 heavy (non-hydrogen) atoms. The number of nitrogens with zero attached hydrogens (tertiary/aromatic N) is 2. The fourth-order valence-corrected chi connectivity index (χ4v) is 4.84. The van der Waals surface area contributed by atoms with Crippen molar-refractivity contribution in [2.75, 3.05) is 32.3 Å². The lowest BCUT2D eigenvalue weighted by atomic mass is 10.0. The zero-order valence-electron chi connectivity index (χ0n) is 14.9. The van der Waals surface area contributed by atoms with Crippen molar-refractivity contribution in [3.8, 4) is 0 Å². The van der Waals surface area contributed by atoms with E-state index in [-0.39, 0.29) is 4.90 Å². The fraction of sp³-hybridized carbons (Fsp3) is 0.533. The predicted molar refractivity (Wildman–Crippen MR) is 96.2 cm³/mol. The topological polar surface area (TPSA) is 113 Å². The molecule has 1 fully saturated rings. The van der Waals surface area contributed by atoms with Crippen molar-refractivity contribution in [3.63, 3.8) is 0 Å². The third kappa shape index (κ3) is 4.60. The highest BCUT2D eigenvalue weighted by Crippen LogP contribution is 2.22. The lowest BCUT2D eigenvalue weighted by Gasteiger charge is -2.32. The Morgan fingerprint density at radius 2 is 1.81 bits per heavy atom. The molecule has 9 nitrogen and oxygen atoms in total. The van der Waals surface area contributed by atoms with E-state index in [1.807, 2.05) is 0 Å². The number of nitrogens with one attached hydrogen (secondary N) is 1. The van der Waals surface area contributed by atoms with Crippen LogP contribution in [0.15, 0.2) is 29.2 Å². The number of carbonyl (C=O) groups excluding carboxylic acids is 1. The lowest BCUT2D eigenvalue weighted by molar-refractivity contribution is -0.120. The Bertz CT molecular complexity index is 852. The van der Waals surface area contributed by atoms with Gasteiger partial charge in [-0.25, -0.2) is 16.8 Å². The Morgan fingerprint density at radius 1 is 1.19 bits per heavy atom. The third-order valence-electron chi connectivity index (χ3n) is 4.20. The van der Waals surface area contributed by atoms with E-state index < -0.39 is 32.0 Å². The maximum Gasteiger partial charge on any atom is 0.264 e. The van der Waals surface area contributed by atoms with Crippen LogP contribution < -0.4 is 5.32 Å². The second-order valence-electron chi connectivity index (χ2n) is 6.00. The molecule has 0 aliphatic carbocycles. The smallest absolute Gasteiger partial charge is 0.264 e. The van der Waals surface area contributed by atoms with Crippen LogP contribution in [0.3, 0.4) is 0 Å². The molecule has 11 heteroatoms. The largest absolute Gasteiger partial charge is 0.325 e. The second-order valence-corrected chi connectivity index (χ2v) is 9.87. The average Bonchev–Trinajstić information content (AvgIpc) is 2.60. The van der Waals surface area contributed by atoms with Gasteiger partial charge in [-0.3, -0.25) is 9.63 Å². The number of hydrogen-bond donors (Lipinski definition) is 1. The van der Waals surface area contributed by atoms with Crippen molar-refractivity contribution in [2.24, 2.45) is 0 Å². The van der Waals surface area contributed by atoms with Crippen molar-refractivity contribution in [1.29, 1.82) is 0 Å². The Balaban J connectivity index is 2.14. The van der Waals surface area contributed by atoms with E-state index in [9.17, 15) is 21.6 Å². The summed E-state index contributed by atoms with van der Waals surface area (Å²) in [6.45, 7) is 0.317. The minimum Gasteiger partial charge on any atom is -0.325 e. The first kappa shape index (κ1) is 20.8. The fourth-order valence-electron chi connectivity index (χ4n) is 2.75. The first-order valence-electron chi connectivity index (χ1n) is 7.98. The molecule has 2 rings (SSSR count). The molecule has 146 valence electrons. The molecule has 1 aliphatic rings. The minimum absolute atomic E-state index is 0.00952. The van der Waals surface area contributed by atoms with Gasteiger partial charge >= 0.3 is 0 Å². The van der Waals surface area contributed by atoms with Crippen LogP contribution in [-0.2, 0) is 29.7 Å². The van der Waals surface area contributed by atoms with Gasteiger partial charge in [-0.05, 0) is 37.1 Å². The molecule has 1 unspecified atom stereocenters. The molecule has 1 N–H and O–H groups in total. The van der Waals surface area contributed by atoms with Crippen LogP contribution in [0.4, 0.5) is 5.69 Å². The number of hydrogen-bond acceptors (Lipinski definition) is 6. The normalized spacial score (nSPS) is 19.5. The molecule has 0 aromatic heterocycles. The van der Waals surface area contributed by atoms with Crippen molar-refractivity contribution < 1.29 is 26.5 Å². The number of hydroxylamine groups is 1. The molecule has 1 aliphatic heterocycles. The lowest BCUT2D eigenvalue weighted by Crippen LogP contribution is -2.49. The second kappa shape index (κ2) is 8.01. The molecular weight excluding hydrogens is 382 g/mol. The van der Waals surface area contributed by atoms with Gasteiger partial charge in [0.05, 0.1) is 18.3 Å². The highest BCUT2D eigenvalue weighted by molar-refractivity contribution is 7.89. The summed E-state index contributed by atoms with van der Waals surface area (Å²) in [6, 6.07) is 4.82. The number of benzene rings is 1. The van der Waals surface area contributed by atoms with Gasteiger partial charge in [0.25, 0.3) is 10.0 Å². The Morgan fingerprint density at radius 3 is 2.35 bits per heavy atom. The zero-order valence-corrected chi connectivity index (χ0v) is 16.5. The molecular formula is C15H23N3O6S2. The highest BCUT2D eigenvalue weighted by atomic mass is 32.2. The van der Waals surface area contributed by atoms with Gasteiger partial charge in [0.15, 0.2) is 0 Å². The van der Waals surface area contributed by atoms with Crippen LogP contribution in [-0.4, -0.2) is 64.5 Å². The SMILES string of the molecule is CON(C)S(=O)(=O)c1ccc(NC(=O)C2CCCCN2S(C)(=O)=O)cc1. The van der Waals surface area contributed by atoms with Crippen molar-refractivity contribution in [2.45, 2.75) is 30.2 Å². The van der Waals surface area contributed by atoms with E-state index in [1.54, 1.807) is 0 Å². The maximum absolute atomic E-state index is 12.5. The van der Waals surface area contributed by atoms with E-state index >= 15 is 0 Å². The third-order valence-corrected chi connectivity index (χ3v) is 7.18. The molecule has 0 spiro atoms. The summed E-state index contributed by atoms with van der Waals surface area (Å²) in [4.78, 5) is 17.2. The first-order valence-corrected chi connectivity index (χ1v) is 11.3. The summed E-state index contributed by atoms with van der Waals surface area (Å²) in [5.74, 6) is -0.431. The van der Waals surface area contributed by atoms with Crippen molar-refractivity contribution >= 4 is 31.6 Å². The van der Waals surface area contributed by atoms with E-state index in [2.05, 4.69) is 5.32 Å². The average molecular weight is 405 g/mol. The molecule has 0 saturated carbocycles. The number of carbonyl (C=O) groups is 1. The first-order chi connectivity index (χ1) is 12.1. The molecule has 1 saturated heterocycles. The monoisotopic (exact) mass is 405 g/mol. The van der Waals surface area contributed by atoms with E-state index in [4.69, 9.17) is 4.84 Å². The van der Waals surface area contributed by atoms with Crippen molar-refractivity contribution in [3.05, 3.63) is 24.3 Å². The predicted octanol–water partition coefficient (Wildman–Crippen LogP) is 0.621. The summed E-state index contributed by atoms with van der Waals surface area (Å²) in [6.07, 6.45) is 3.02. The van der Waals surface area contributed by atoms with Crippen LogP contribution in [0.25, 0.3) is 0 Å². The highest BCUT2D eigenvalue weighted by Gasteiger charge is 2.34. The van der Waals surface area contributed by atoms with E-state index in [0.29, 0.717) is 18.7 Å². The number of anilines is 1. The van der Waals surface area contributed by atoms with Crippen LogP contribution in [0.2, 0.25) is 0 Å². The van der Waals surface area contributed by atoms with Crippen LogP contribution in [0.5, 0.6) is 0 Å². The molecule has 1 amide bonds. The van der Waals surface area contributed by atoms with E-state index in [1.165, 1.54) is 42.7 Å². The van der Waals surface area contributed by atoms with Crippen LogP contribution >= 0.6 is 0 Å². The number of piperidine rings is 1. The summed E-state index contributed by atoms with van der Waals surface area (Å²) in [7, 11) is -4.74. The zero-order chi connectivity index (χ0) is 19.5. The molecule has 0 radical (unpaired) electrons. The number of amides is 1. The van der Waals surface area contributed by atoms with Gasteiger partial charge < -0.3 is 5.32 Å². The Hall–Kier alpha value is -1.53. The molecule has 0 bridgehead atoms. The summed E-state index contributed by atoms with van der Waals surface area (Å²) < 4.78 is 49.9. The Labute approximate surface area is 154 Å². The van der Waals surface area contributed by atoms with Crippen molar-refractivity contribution in [1.82, 2.24) is 8.77 Å². The standard InChI is InChI=1S/C15H23N3O6S2/c1-17(24-2)26(22,23)13-9-7-12(8-10-13)16-15(19)14-6-4-5-11-18(14)25(3,20)21/h7-10,14H,4-6,11H2,1-3H3,(H,16,19). The molecule has 1 aromatic carbocycles. The van der Waals surface area contributed by atoms with Crippen LogP contribution in [0.1, 0.15) is 19.3 Å². The minimum atomic E-state index is -3.77. The Kier molecular flexibility index (Phi) is 6.40. The van der Waals surface area contributed by atoms with Gasteiger partial charge in [0.1, 0.15) is 6.04 Å². The van der Waals surface area contributed by atoms with E-state index in [0.717, 1.165) is 23.6 Å². The quantitative estimate of drug-likeness (QED) is 0.694. The number of rotatable bonds is 6. The van der Waals surface area contributed by atoms with Gasteiger partial charge in [-0.15, -0.1) is 0 Å². The number of sulfonamides is 2. The maximum atomic E-state index is 12.5. The molecule has 1 heterocycles. The summed E-state index contributed by atoms with van der Waals surface area (Å²) in [5.41, 5.74) is 0.382. The summed E-state index contributed by atoms with van der Waals surface area (Å²) >= 11 is 0. The summed E-state index contributed by atoms with van der Waals surface area (Å²) in [5, 5.41) is 2.65. The van der Waals surface area contributed by atoms with Gasteiger partial charge in [-0.2, -0.15) is 4.31 Å². The van der Waals surface area contributed by atoms with Crippen LogP contribution in [0, 0.1) is 0 Å². The van der Waals surface area contributed by atoms with Gasteiger partial charge in [-0.1, -0.05) is 10.9 Å². The van der Waals surface area contributed by atoms with Gasteiger partial charge in [0.2, 0.25) is 15.9 Å². The molecule has 1 atom stereocenters. The molecule has 1 aromatic rings. The van der Waals surface area contributed by atoms with Gasteiger partial charge in [0, 0.05) is 19.3 Å².